The van der Waals surface area contributed by atoms with E-state index in [-0.39, 0.29) is 0 Å². The molecule has 2 atom stereocenters. The number of carbonyl (C=O) groups is 2. The molecule has 0 radical (unpaired) electrons. The molecule has 13 heavy (non-hydrogen) atoms. The number of rotatable bonds is 6. The van der Waals surface area contributed by atoms with Crippen LogP contribution in [0.15, 0.2) is 0 Å². The number of nitrogens with one attached hydrogen (secondary N) is 1. The van der Waals surface area contributed by atoms with Crippen LogP contribution in [0.3, 0.4) is 0 Å². The predicted molar refractivity (Wildman–Crippen MR) is 47.1 cm³/mol. The lowest BCUT2D eigenvalue weighted by molar-refractivity contribution is -0.141. The summed E-state index contributed by atoms with van der Waals surface area (Å²) in [5.74, 6) is 0.128. The Morgan fingerprint density at radius 1 is 1.69 bits per heavy atom. The average Bonchev–Trinajstić information content (AvgIpc) is 2.85. The zero-order valence-electron chi connectivity index (χ0n) is 7.69. The minimum atomic E-state index is -0.945. The largest absolute Gasteiger partial charge is 0.480 e. The summed E-state index contributed by atoms with van der Waals surface area (Å²) < 4.78 is 0. The normalized spacial score (nSPS) is 20.4. The third kappa shape index (κ3) is 3.05. The van der Waals surface area contributed by atoms with Crippen molar-refractivity contribution in [3.8, 4) is 0 Å². The molecule has 0 spiro atoms. The predicted octanol–water partition coefficient (Wildman–Crippen LogP) is 0.622. The molecule has 1 aliphatic rings. The van der Waals surface area contributed by atoms with Crippen molar-refractivity contribution in [3.63, 3.8) is 0 Å². The molecule has 1 aliphatic carbocycles. The van der Waals surface area contributed by atoms with E-state index < -0.39 is 12.0 Å². The van der Waals surface area contributed by atoms with Crippen molar-refractivity contribution in [1.82, 2.24) is 5.32 Å². The zero-order chi connectivity index (χ0) is 9.84. The fraction of sp³-hybridized carbons (Fsp3) is 0.778. The number of carboxylic acid groups (broad SMARTS) is 1. The van der Waals surface area contributed by atoms with Crippen LogP contribution < -0.4 is 5.32 Å². The molecule has 4 heteroatoms. The fourth-order valence-corrected chi connectivity index (χ4v) is 1.55. The average molecular weight is 185 g/mol. The topological polar surface area (TPSA) is 66.4 Å². The van der Waals surface area contributed by atoms with Gasteiger partial charge in [0.25, 0.3) is 0 Å². The van der Waals surface area contributed by atoms with E-state index in [9.17, 15) is 9.59 Å². The first-order chi connectivity index (χ1) is 6.15. The molecule has 74 valence electrons. The Morgan fingerprint density at radius 3 is 2.69 bits per heavy atom. The second-order valence-corrected chi connectivity index (χ2v) is 3.73. The van der Waals surface area contributed by atoms with Crippen LogP contribution in [0.4, 0.5) is 0 Å². The summed E-state index contributed by atoms with van der Waals surface area (Å²) in [5.41, 5.74) is 0. The summed E-state index contributed by atoms with van der Waals surface area (Å²) in [4.78, 5) is 20.8. The van der Waals surface area contributed by atoms with Crippen molar-refractivity contribution in [1.29, 1.82) is 0 Å². The Labute approximate surface area is 77.3 Å². The number of hydrogen-bond donors (Lipinski definition) is 2. The van der Waals surface area contributed by atoms with Crippen LogP contribution in [0.5, 0.6) is 0 Å². The highest BCUT2D eigenvalue weighted by atomic mass is 16.4. The van der Waals surface area contributed by atoms with E-state index in [4.69, 9.17) is 5.11 Å². The van der Waals surface area contributed by atoms with E-state index in [1.165, 1.54) is 12.8 Å². The lowest BCUT2D eigenvalue weighted by Crippen LogP contribution is -2.37. The summed E-state index contributed by atoms with van der Waals surface area (Å²) in [7, 11) is 0. The van der Waals surface area contributed by atoms with Gasteiger partial charge in [-0.05, 0) is 31.1 Å². The molecule has 1 fully saturated rings. The van der Waals surface area contributed by atoms with Gasteiger partial charge in [0.15, 0.2) is 0 Å². The van der Waals surface area contributed by atoms with Gasteiger partial charge in [-0.3, -0.25) is 4.79 Å². The number of carboxylic acids is 1. The Hall–Kier alpha value is -1.06. The molecule has 1 rings (SSSR count). The number of aliphatic carboxylic acids is 1. The van der Waals surface area contributed by atoms with E-state index in [1.54, 1.807) is 0 Å². The third-order valence-electron chi connectivity index (χ3n) is 2.60. The second kappa shape index (κ2) is 4.25. The van der Waals surface area contributed by atoms with Gasteiger partial charge in [-0.1, -0.05) is 6.92 Å². The molecule has 0 aliphatic heterocycles. The van der Waals surface area contributed by atoms with E-state index in [2.05, 4.69) is 5.32 Å². The summed E-state index contributed by atoms with van der Waals surface area (Å²) in [5, 5.41) is 11.0. The first-order valence-corrected chi connectivity index (χ1v) is 4.57. The van der Waals surface area contributed by atoms with Crippen LogP contribution in [0.25, 0.3) is 0 Å². The molecule has 0 heterocycles. The molecule has 0 aromatic carbocycles. The number of hydrogen-bond acceptors (Lipinski definition) is 2. The molecular weight excluding hydrogens is 170 g/mol. The molecule has 1 saturated carbocycles. The fourth-order valence-electron chi connectivity index (χ4n) is 1.55. The van der Waals surface area contributed by atoms with Crippen LogP contribution in [0.1, 0.15) is 26.2 Å². The van der Waals surface area contributed by atoms with Gasteiger partial charge in [-0.25, -0.2) is 4.79 Å². The van der Waals surface area contributed by atoms with Gasteiger partial charge in [0, 0.05) is 0 Å². The molecule has 1 amide bonds. The minimum Gasteiger partial charge on any atom is -0.480 e. The van der Waals surface area contributed by atoms with Crippen molar-refractivity contribution in [2.45, 2.75) is 32.2 Å². The van der Waals surface area contributed by atoms with Crippen molar-refractivity contribution in [3.05, 3.63) is 0 Å². The third-order valence-corrected chi connectivity index (χ3v) is 2.60. The first-order valence-electron chi connectivity index (χ1n) is 4.57. The van der Waals surface area contributed by atoms with E-state index in [0.717, 1.165) is 0 Å². The van der Waals surface area contributed by atoms with Gasteiger partial charge in [-0.2, -0.15) is 0 Å². The Kier molecular flexibility index (Phi) is 3.28. The SMILES string of the molecule is CC(CC(NC=O)C(=O)O)C1CC1. The molecular formula is C9H15NO3. The van der Waals surface area contributed by atoms with E-state index in [1.807, 2.05) is 6.92 Å². The van der Waals surface area contributed by atoms with Crippen LogP contribution in [0.2, 0.25) is 0 Å². The zero-order valence-corrected chi connectivity index (χ0v) is 7.69. The smallest absolute Gasteiger partial charge is 0.326 e. The van der Waals surface area contributed by atoms with Gasteiger partial charge < -0.3 is 10.4 Å². The van der Waals surface area contributed by atoms with Crippen LogP contribution in [-0.2, 0) is 9.59 Å². The van der Waals surface area contributed by atoms with Crippen molar-refractivity contribution in [2.75, 3.05) is 0 Å². The molecule has 2 N–H and O–H groups in total. The standard InChI is InChI=1S/C9H15NO3/c1-6(7-2-3-7)4-8(9(12)13)10-5-11/h5-8H,2-4H2,1H3,(H,10,11)(H,12,13). The van der Waals surface area contributed by atoms with Crippen molar-refractivity contribution >= 4 is 12.4 Å². The van der Waals surface area contributed by atoms with Crippen LogP contribution >= 0.6 is 0 Å². The van der Waals surface area contributed by atoms with E-state index in [0.29, 0.717) is 24.7 Å². The second-order valence-electron chi connectivity index (χ2n) is 3.73. The molecule has 4 nitrogen and oxygen atoms in total. The lowest BCUT2D eigenvalue weighted by atomic mass is 9.97. The highest BCUT2D eigenvalue weighted by molar-refractivity contribution is 5.76. The molecule has 2 unspecified atom stereocenters. The highest BCUT2D eigenvalue weighted by Gasteiger charge is 2.31. The molecule has 0 bridgehead atoms. The maximum absolute atomic E-state index is 10.6. The first kappa shape index (κ1) is 10.0. The van der Waals surface area contributed by atoms with Gasteiger partial charge in [-0.15, -0.1) is 0 Å². The van der Waals surface area contributed by atoms with E-state index >= 15 is 0 Å². The summed E-state index contributed by atoms with van der Waals surface area (Å²) >= 11 is 0. The van der Waals surface area contributed by atoms with Crippen molar-refractivity contribution in [2.24, 2.45) is 11.8 Å². The molecule has 0 aromatic heterocycles. The number of amides is 1. The van der Waals surface area contributed by atoms with Gasteiger partial charge >= 0.3 is 5.97 Å². The summed E-state index contributed by atoms with van der Waals surface area (Å²) in [6.07, 6.45) is 3.40. The Balaban J connectivity index is 2.35. The minimum absolute atomic E-state index is 0.397. The molecule has 0 saturated heterocycles. The number of carbonyl (C=O) groups excluding carboxylic acids is 1. The maximum atomic E-state index is 10.6. The maximum Gasteiger partial charge on any atom is 0.326 e. The van der Waals surface area contributed by atoms with Gasteiger partial charge in [0.1, 0.15) is 6.04 Å². The summed E-state index contributed by atoms with van der Waals surface area (Å²) in [6, 6.07) is -0.715. The molecule has 0 aromatic rings. The van der Waals surface area contributed by atoms with Crippen LogP contribution in [0, 0.1) is 11.8 Å². The summed E-state index contributed by atoms with van der Waals surface area (Å²) in [6.45, 7) is 2.04. The van der Waals surface area contributed by atoms with Gasteiger partial charge in [0.2, 0.25) is 6.41 Å². The monoisotopic (exact) mass is 185 g/mol. The van der Waals surface area contributed by atoms with Gasteiger partial charge in [0.05, 0.1) is 0 Å². The Bertz CT molecular complexity index is 201. The van der Waals surface area contributed by atoms with Crippen molar-refractivity contribution < 1.29 is 14.7 Å². The highest BCUT2D eigenvalue weighted by Crippen LogP contribution is 2.38. The van der Waals surface area contributed by atoms with Crippen LogP contribution in [-0.4, -0.2) is 23.5 Å². The quantitative estimate of drug-likeness (QED) is 0.596. The lowest BCUT2D eigenvalue weighted by Gasteiger charge is -2.15. The Morgan fingerprint density at radius 2 is 2.31 bits per heavy atom.